The van der Waals surface area contributed by atoms with E-state index in [1.54, 1.807) is 11.1 Å². The van der Waals surface area contributed by atoms with Crippen molar-refractivity contribution in [3.63, 3.8) is 0 Å². The van der Waals surface area contributed by atoms with E-state index < -0.39 is 0 Å². The molecular weight excluding hydrogens is 382 g/mol. The van der Waals surface area contributed by atoms with Gasteiger partial charge in [-0.05, 0) is 97.7 Å². The molecule has 1 aromatic rings. The highest BCUT2D eigenvalue weighted by atomic mass is 16.2. The Balaban J connectivity index is 1.35. The van der Waals surface area contributed by atoms with E-state index >= 15 is 0 Å². The smallest absolute Gasteiger partial charge is 0.315 e. The number of nitrogens with one attached hydrogen (secondary N) is 2. The standard InChI is InChI=1S/C27H37N3O/c1-4-29-25(31)30-20-11-13-26(2)19(16-20)7-8-21-23-10-9-22(18-6-5-15-28-17-18)27(23,3)14-12-24(21)26/h5-7,9,15,17,20-21,23-24H,4,8,10-14,16H2,1-3H3,(H2,29,30,31)/t20-,21?,23?,24?,26+,27-/m1/s1. The molecule has 2 saturated carbocycles. The van der Waals surface area contributed by atoms with Crippen LogP contribution >= 0.6 is 0 Å². The second-order valence-electron chi connectivity index (χ2n) is 10.8. The zero-order valence-electron chi connectivity index (χ0n) is 19.3. The lowest BCUT2D eigenvalue weighted by Crippen LogP contribution is -2.52. The third kappa shape index (κ3) is 3.34. The van der Waals surface area contributed by atoms with Gasteiger partial charge in [0.05, 0.1) is 0 Å². The Kier molecular flexibility index (Phi) is 5.22. The summed E-state index contributed by atoms with van der Waals surface area (Å²) >= 11 is 0. The number of urea groups is 1. The van der Waals surface area contributed by atoms with Gasteiger partial charge in [0.15, 0.2) is 0 Å². The van der Waals surface area contributed by atoms with Crippen LogP contribution in [-0.2, 0) is 0 Å². The predicted octanol–water partition coefficient (Wildman–Crippen LogP) is 5.73. The molecule has 166 valence electrons. The molecule has 0 aliphatic heterocycles. The Morgan fingerprint density at radius 3 is 2.74 bits per heavy atom. The van der Waals surface area contributed by atoms with Gasteiger partial charge >= 0.3 is 6.03 Å². The van der Waals surface area contributed by atoms with E-state index in [1.807, 2.05) is 13.1 Å². The molecule has 4 heteroatoms. The molecule has 2 amide bonds. The Bertz CT molecular complexity index is 906. The Morgan fingerprint density at radius 1 is 1.13 bits per heavy atom. The first-order valence-electron chi connectivity index (χ1n) is 12.3. The summed E-state index contributed by atoms with van der Waals surface area (Å²) in [4.78, 5) is 16.4. The maximum Gasteiger partial charge on any atom is 0.315 e. The van der Waals surface area contributed by atoms with Gasteiger partial charge in [-0.3, -0.25) is 4.98 Å². The molecule has 4 aliphatic carbocycles. The monoisotopic (exact) mass is 419 g/mol. The fourth-order valence-electron chi connectivity index (χ4n) is 7.72. The van der Waals surface area contributed by atoms with Crippen LogP contribution in [0.5, 0.6) is 0 Å². The summed E-state index contributed by atoms with van der Waals surface area (Å²) < 4.78 is 0. The summed E-state index contributed by atoms with van der Waals surface area (Å²) in [5, 5.41) is 6.09. The van der Waals surface area contributed by atoms with Crippen LogP contribution in [0.1, 0.15) is 71.3 Å². The van der Waals surface area contributed by atoms with Gasteiger partial charge in [-0.15, -0.1) is 0 Å². The van der Waals surface area contributed by atoms with Crippen molar-refractivity contribution in [1.82, 2.24) is 15.6 Å². The van der Waals surface area contributed by atoms with Gasteiger partial charge in [0.1, 0.15) is 0 Å². The van der Waals surface area contributed by atoms with E-state index in [0.29, 0.717) is 12.0 Å². The van der Waals surface area contributed by atoms with Gasteiger partial charge in [-0.1, -0.05) is 37.6 Å². The highest BCUT2D eigenvalue weighted by Crippen LogP contribution is 2.66. The summed E-state index contributed by atoms with van der Waals surface area (Å²) in [6, 6.07) is 4.57. The van der Waals surface area contributed by atoms with Crippen molar-refractivity contribution < 1.29 is 4.79 Å². The molecule has 6 atom stereocenters. The van der Waals surface area contributed by atoms with E-state index in [-0.39, 0.29) is 17.5 Å². The molecule has 0 radical (unpaired) electrons. The highest BCUT2D eigenvalue weighted by Gasteiger charge is 2.56. The third-order valence-electron chi connectivity index (χ3n) is 9.33. The van der Waals surface area contributed by atoms with Crippen LogP contribution in [0.2, 0.25) is 0 Å². The number of allylic oxidation sites excluding steroid dienone is 3. The normalized spacial score (nSPS) is 38.8. The maximum atomic E-state index is 12.0. The van der Waals surface area contributed by atoms with Crippen molar-refractivity contribution in [3.8, 4) is 0 Å². The second-order valence-corrected chi connectivity index (χ2v) is 10.8. The lowest BCUT2D eigenvalue weighted by atomic mass is 9.47. The molecule has 3 unspecified atom stereocenters. The van der Waals surface area contributed by atoms with Crippen LogP contribution in [0.3, 0.4) is 0 Å². The summed E-state index contributed by atoms with van der Waals surface area (Å²) in [7, 11) is 0. The van der Waals surface area contributed by atoms with E-state index in [4.69, 9.17) is 0 Å². The zero-order chi connectivity index (χ0) is 21.6. The van der Waals surface area contributed by atoms with Crippen LogP contribution in [0.15, 0.2) is 42.3 Å². The Hall–Kier alpha value is -2.10. The summed E-state index contributed by atoms with van der Waals surface area (Å²) in [5.41, 5.74) is 5.06. The van der Waals surface area contributed by atoms with Gasteiger partial charge in [0.2, 0.25) is 0 Å². The Morgan fingerprint density at radius 2 is 1.97 bits per heavy atom. The lowest BCUT2D eigenvalue weighted by Gasteiger charge is -2.58. The number of amides is 2. The number of aromatic nitrogens is 1. The van der Waals surface area contributed by atoms with Gasteiger partial charge in [-0.25, -0.2) is 4.79 Å². The fourth-order valence-corrected chi connectivity index (χ4v) is 7.72. The molecule has 5 rings (SSSR count). The molecular formula is C27H37N3O. The molecule has 4 nitrogen and oxygen atoms in total. The van der Waals surface area contributed by atoms with Crippen LogP contribution in [0.25, 0.3) is 5.57 Å². The number of nitrogens with zero attached hydrogens (tertiary/aromatic N) is 1. The molecule has 4 aliphatic rings. The van der Waals surface area contributed by atoms with Crippen molar-refractivity contribution in [1.29, 1.82) is 0 Å². The molecule has 0 aromatic carbocycles. The van der Waals surface area contributed by atoms with Crippen LogP contribution < -0.4 is 10.6 Å². The van der Waals surface area contributed by atoms with Crippen molar-refractivity contribution in [2.75, 3.05) is 6.54 Å². The largest absolute Gasteiger partial charge is 0.338 e. The van der Waals surface area contributed by atoms with Crippen LogP contribution in [0, 0.1) is 28.6 Å². The molecule has 0 spiro atoms. The minimum atomic E-state index is -0.0150. The molecule has 1 heterocycles. The van der Waals surface area contributed by atoms with Crippen LogP contribution in [0.4, 0.5) is 4.79 Å². The highest BCUT2D eigenvalue weighted by molar-refractivity contribution is 5.74. The molecule has 0 bridgehead atoms. The van der Waals surface area contributed by atoms with Gasteiger partial charge < -0.3 is 10.6 Å². The number of pyridine rings is 1. The molecule has 1 aromatic heterocycles. The summed E-state index contributed by atoms with van der Waals surface area (Å²) in [5.74, 6) is 2.28. The van der Waals surface area contributed by atoms with E-state index in [1.165, 1.54) is 37.7 Å². The number of carbonyl (C=O) groups is 1. The van der Waals surface area contributed by atoms with Gasteiger partial charge in [-0.2, -0.15) is 0 Å². The number of hydrogen-bond acceptors (Lipinski definition) is 2. The van der Waals surface area contributed by atoms with Gasteiger partial charge in [0, 0.05) is 25.0 Å². The van der Waals surface area contributed by atoms with Crippen molar-refractivity contribution in [2.24, 2.45) is 28.6 Å². The summed E-state index contributed by atoms with van der Waals surface area (Å²) in [6.07, 6.45) is 17.4. The maximum absolute atomic E-state index is 12.0. The van der Waals surface area contributed by atoms with E-state index in [2.05, 4.69) is 59.9 Å². The van der Waals surface area contributed by atoms with Crippen molar-refractivity contribution in [3.05, 3.63) is 47.8 Å². The summed E-state index contributed by atoms with van der Waals surface area (Å²) in [6.45, 7) is 7.70. The minimum absolute atomic E-state index is 0.0150. The topological polar surface area (TPSA) is 54.0 Å². The lowest BCUT2D eigenvalue weighted by molar-refractivity contribution is -0.0121. The molecule has 31 heavy (non-hydrogen) atoms. The van der Waals surface area contributed by atoms with Crippen molar-refractivity contribution >= 4 is 11.6 Å². The quantitative estimate of drug-likeness (QED) is 0.615. The number of rotatable bonds is 3. The second kappa shape index (κ2) is 7.79. The zero-order valence-corrected chi connectivity index (χ0v) is 19.3. The molecule has 2 N–H and O–H groups in total. The number of carbonyl (C=O) groups excluding carboxylic acids is 1. The first-order chi connectivity index (χ1) is 15.0. The predicted molar refractivity (Wildman–Crippen MR) is 125 cm³/mol. The third-order valence-corrected chi connectivity index (χ3v) is 9.33. The van der Waals surface area contributed by atoms with Crippen LogP contribution in [-0.4, -0.2) is 23.6 Å². The van der Waals surface area contributed by atoms with E-state index in [0.717, 1.165) is 30.6 Å². The Labute approximate surface area is 187 Å². The number of fused-ring (bicyclic) bond motifs is 5. The first-order valence-corrected chi connectivity index (χ1v) is 12.3. The van der Waals surface area contributed by atoms with Gasteiger partial charge in [0.25, 0.3) is 0 Å². The van der Waals surface area contributed by atoms with Crippen molar-refractivity contribution in [2.45, 2.75) is 71.8 Å². The van der Waals surface area contributed by atoms with E-state index in [9.17, 15) is 4.79 Å². The fraction of sp³-hybridized carbons (Fsp3) is 0.630. The average molecular weight is 420 g/mol. The number of hydrogen-bond donors (Lipinski definition) is 2. The molecule has 0 saturated heterocycles. The SMILES string of the molecule is CCNC(=O)N[C@@H]1CC[C@@]2(C)C(=CCC3C2CC[C@]2(C)C(c4cccnc4)=CCC32)C1. The molecule has 2 fully saturated rings. The minimum Gasteiger partial charge on any atom is -0.338 e. The first kappa shape index (κ1) is 20.8. The average Bonchev–Trinajstić information content (AvgIpc) is 3.12.